The Morgan fingerprint density at radius 3 is 2.35 bits per heavy atom. The van der Waals surface area contributed by atoms with Crippen LogP contribution in [-0.2, 0) is 26.2 Å². The first-order valence-electron chi connectivity index (χ1n) is 11.4. The van der Waals surface area contributed by atoms with E-state index in [1.165, 1.54) is 17.0 Å². The summed E-state index contributed by atoms with van der Waals surface area (Å²) in [4.78, 5) is 39.6. The van der Waals surface area contributed by atoms with E-state index in [0.717, 1.165) is 25.3 Å². The molecule has 37 heavy (non-hydrogen) atoms. The van der Waals surface area contributed by atoms with Gasteiger partial charge in [-0.15, -0.1) is 0 Å². The largest absolute Gasteiger partial charge is 0.467 e. The molecule has 1 aliphatic heterocycles. The van der Waals surface area contributed by atoms with Crippen LogP contribution >= 0.6 is 11.6 Å². The maximum Gasteiger partial charge on any atom is 0.328 e. The SMILES string of the molecule is COC(=O)[C@H](Cc1ccc(N2C(=O)C3(CC3)c3cc(F)c(F)cc32)cc1)NC(=O)c1c(F)cccc1Cl. The highest BCUT2D eigenvalue weighted by Gasteiger charge is 2.59. The topological polar surface area (TPSA) is 75.7 Å². The van der Waals surface area contributed by atoms with Gasteiger partial charge >= 0.3 is 5.97 Å². The third-order valence-corrected chi connectivity index (χ3v) is 7.09. The summed E-state index contributed by atoms with van der Waals surface area (Å²) in [6, 6.07) is 11.3. The fourth-order valence-electron chi connectivity index (χ4n) is 4.71. The average molecular weight is 529 g/mol. The fraction of sp³-hybridized carbons (Fsp3) is 0.222. The number of esters is 1. The average Bonchev–Trinajstić information content (AvgIpc) is 3.64. The molecular formula is C27H20ClF3N2O4. The van der Waals surface area contributed by atoms with Crippen molar-refractivity contribution in [3.05, 3.63) is 93.8 Å². The molecule has 1 aliphatic carbocycles. The zero-order valence-corrected chi connectivity index (χ0v) is 20.2. The second-order valence-corrected chi connectivity index (χ2v) is 9.43. The molecule has 190 valence electrons. The van der Waals surface area contributed by atoms with Crippen LogP contribution in [0.2, 0.25) is 5.02 Å². The van der Waals surface area contributed by atoms with E-state index in [4.69, 9.17) is 16.3 Å². The molecule has 5 rings (SSSR count). The number of amides is 2. The minimum Gasteiger partial charge on any atom is -0.467 e. The molecule has 0 unspecified atom stereocenters. The lowest BCUT2D eigenvalue weighted by Crippen LogP contribution is -2.43. The number of carbonyl (C=O) groups is 3. The molecule has 6 nitrogen and oxygen atoms in total. The summed E-state index contributed by atoms with van der Waals surface area (Å²) in [6.45, 7) is 0. The molecule has 1 N–H and O–H groups in total. The second kappa shape index (κ2) is 9.23. The highest BCUT2D eigenvalue weighted by Crippen LogP contribution is 2.59. The van der Waals surface area contributed by atoms with Gasteiger partial charge in [0.25, 0.3) is 5.91 Å². The Morgan fingerprint density at radius 1 is 1.05 bits per heavy atom. The standard InChI is InChI=1S/C27H20ClF3N2O4/c1-37-25(35)21(32-24(34)23-17(28)3-2-4-18(23)29)11-14-5-7-15(8-6-14)33-22-13-20(31)19(30)12-16(22)27(9-10-27)26(33)36/h2-8,12-13,21H,9-11H2,1H3,(H,32,34)/t21-/m0/s1. The Labute approximate surface area is 215 Å². The molecule has 1 atom stereocenters. The molecule has 0 bridgehead atoms. The summed E-state index contributed by atoms with van der Waals surface area (Å²) in [5, 5.41) is 2.35. The quantitative estimate of drug-likeness (QED) is 0.458. The number of halogens is 4. The lowest BCUT2D eigenvalue weighted by molar-refractivity contribution is -0.142. The van der Waals surface area contributed by atoms with Gasteiger partial charge in [0, 0.05) is 18.2 Å². The van der Waals surface area contributed by atoms with Crippen LogP contribution in [0.5, 0.6) is 0 Å². The number of methoxy groups -OCH3 is 1. The maximum absolute atomic E-state index is 14.2. The minimum absolute atomic E-state index is 0.000917. The highest BCUT2D eigenvalue weighted by atomic mass is 35.5. The third kappa shape index (κ3) is 4.23. The first kappa shape index (κ1) is 24.8. The van der Waals surface area contributed by atoms with Gasteiger partial charge in [0.05, 0.1) is 28.8 Å². The zero-order valence-electron chi connectivity index (χ0n) is 19.5. The van der Waals surface area contributed by atoms with Gasteiger partial charge in [-0.25, -0.2) is 18.0 Å². The van der Waals surface area contributed by atoms with Crippen LogP contribution in [0.4, 0.5) is 24.5 Å². The lowest BCUT2D eigenvalue weighted by Gasteiger charge is -2.20. The van der Waals surface area contributed by atoms with Crippen LogP contribution in [-0.4, -0.2) is 30.9 Å². The summed E-state index contributed by atoms with van der Waals surface area (Å²) in [7, 11) is 1.16. The van der Waals surface area contributed by atoms with E-state index < -0.39 is 46.3 Å². The summed E-state index contributed by atoms with van der Waals surface area (Å²) in [5.74, 6) is -4.75. The van der Waals surface area contributed by atoms with Crippen LogP contribution < -0.4 is 10.2 Å². The van der Waals surface area contributed by atoms with Gasteiger partial charge in [-0.2, -0.15) is 0 Å². The van der Waals surface area contributed by atoms with Crippen molar-refractivity contribution in [2.75, 3.05) is 12.0 Å². The molecule has 1 fully saturated rings. The van der Waals surface area contributed by atoms with E-state index in [1.54, 1.807) is 24.3 Å². The molecule has 2 aliphatic rings. The van der Waals surface area contributed by atoms with Crippen molar-refractivity contribution in [2.45, 2.75) is 30.7 Å². The first-order chi connectivity index (χ1) is 17.7. The van der Waals surface area contributed by atoms with Gasteiger partial charge < -0.3 is 10.1 Å². The molecule has 0 aromatic heterocycles. The van der Waals surface area contributed by atoms with Crippen molar-refractivity contribution in [2.24, 2.45) is 0 Å². The fourth-order valence-corrected chi connectivity index (χ4v) is 4.95. The van der Waals surface area contributed by atoms with Crippen LogP contribution in [0.1, 0.15) is 34.3 Å². The van der Waals surface area contributed by atoms with Crippen molar-refractivity contribution in [1.82, 2.24) is 5.32 Å². The van der Waals surface area contributed by atoms with Gasteiger partial charge in [0.15, 0.2) is 11.6 Å². The molecule has 1 heterocycles. The molecular weight excluding hydrogens is 509 g/mol. The van der Waals surface area contributed by atoms with E-state index in [9.17, 15) is 27.6 Å². The lowest BCUT2D eigenvalue weighted by atomic mass is 9.98. The Balaban J connectivity index is 1.38. The highest BCUT2D eigenvalue weighted by molar-refractivity contribution is 6.33. The van der Waals surface area contributed by atoms with Crippen molar-refractivity contribution < 1.29 is 32.3 Å². The van der Waals surface area contributed by atoms with E-state index >= 15 is 0 Å². The summed E-state index contributed by atoms with van der Waals surface area (Å²) in [5.41, 5.74) is 0.601. The van der Waals surface area contributed by atoms with Crippen molar-refractivity contribution >= 4 is 40.8 Å². The summed E-state index contributed by atoms with van der Waals surface area (Å²) < 4.78 is 46.9. The Kier molecular flexibility index (Phi) is 6.19. The molecule has 2 amide bonds. The van der Waals surface area contributed by atoms with Gasteiger partial charge in [-0.05, 0) is 54.3 Å². The van der Waals surface area contributed by atoms with Gasteiger partial charge in [-0.1, -0.05) is 29.8 Å². The van der Waals surface area contributed by atoms with Crippen LogP contribution in [0, 0.1) is 17.5 Å². The Morgan fingerprint density at radius 2 is 1.73 bits per heavy atom. The van der Waals surface area contributed by atoms with Crippen molar-refractivity contribution in [3.63, 3.8) is 0 Å². The van der Waals surface area contributed by atoms with E-state index in [0.29, 0.717) is 35.3 Å². The summed E-state index contributed by atoms with van der Waals surface area (Å²) in [6.07, 6.45) is 1.12. The monoisotopic (exact) mass is 528 g/mol. The molecule has 0 saturated heterocycles. The van der Waals surface area contributed by atoms with Gasteiger partial charge in [-0.3, -0.25) is 14.5 Å². The Bertz CT molecular complexity index is 1420. The smallest absolute Gasteiger partial charge is 0.328 e. The van der Waals surface area contributed by atoms with Gasteiger partial charge in [0.2, 0.25) is 5.91 Å². The second-order valence-electron chi connectivity index (χ2n) is 9.02. The number of anilines is 2. The molecule has 0 radical (unpaired) electrons. The normalized spacial score (nSPS) is 15.9. The number of fused-ring (bicyclic) bond motifs is 2. The number of hydrogen-bond donors (Lipinski definition) is 1. The Hall–Kier alpha value is -3.85. The number of benzene rings is 3. The first-order valence-corrected chi connectivity index (χ1v) is 11.8. The minimum atomic E-state index is -1.15. The molecule has 3 aromatic rings. The predicted molar refractivity (Wildman–Crippen MR) is 129 cm³/mol. The van der Waals surface area contributed by atoms with E-state index in [1.807, 2.05) is 0 Å². The van der Waals surface area contributed by atoms with E-state index in [-0.39, 0.29) is 17.4 Å². The number of hydrogen-bond acceptors (Lipinski definition) is 4. The van der Waals surface area contributed by atoms with Crippen LogP contribution in [0.15, 0.2) is 54.6 Å². The number of ether oxygens (including phenoxy) is 1. The van der Waals surface area contributed by atoms with Gasteiger partial charge in [0.1, 0.15) is 11.9 Å². The summed E-state index contributed by atoms with van der Waals surface area (Å²) >= 11 is 5.96. The van der Waals surface area contributed by atoms with E-state index in [2.05, 4.69) is 5.32 Å². The maximum atomic E-state index is 14.2. The molecule has 1 spiro atoms. The number of nitrogens with zero attached hydrogens (tertiary/aromatic N) is 1. The predicted octanol–water partition coefficient (Wildman–Crippen LogP) is 4.98. The van der Waals surface area contributed by atoms with Crippen LogP contribution in [0.25, 0.3) is 0 Å². The zero-order chi connectivity index (χ0) is 26.5. The van der Waals surface area contributed by atoms with Crippen molar-refractivity contribution in [3.8, 4) is 0 Å². The van der Waals surface area contributed by atoms with Crippen LogP contribution in [0.3, 0.4) is 0 Å². The number of nitrogens with one attached hydrogen (secondary N) is 1. The third-order valence-electron chi connectivity index (χ3n) is 6.77. The number of carbonyl (C=O) groups excluding carboxylic acids is 3. The molecule has 1 saturated carbocycles. The molecule has 10 heteroatoms. The van der Waals surface area contributed by atoms with Crippen molar-refractivity contribution in [1.29, 1.82) is 0 Å². The molecule has 3 aromatic carbocycles. The number of rotatable bonds is 6.